The van der Waals surface area contributed by atoms with Crippen LogP contribution in [0.4, 0.5) is 17.1 Å². The van der Waals surface area contributed by atoms with Gasteiger partial charge in [-0.25, -0.2) is 0 Å². The molecule has 9 rings (SSSR count). The molecule has 0 bridgehead atoms. The topological polar surface area (TPSA) is 16.4 Å². The Morgan fingerprint density at radius 2 is 1.23 bits per heavy atom. The molecular formula is C45H37NO. The van der Waals surface area contributed by atoms with E-state index in [0.717, 1.165) is 39.0 Å². The van der Waals surface area contributed by atoms with Crippen molar-refractivity contribution in [3.8, 4) is 11.1 Å². The van der Waals surface area contributed by atoms with Crippen molar-refractivity contribution in [1.82, 2.24) is 0 Å². The van der Waals surface area contributed by atoms with Crippen molar-refractivity contribution < 1.29 is 4.42 Å². The Balaban J connectivity index is 1.26. The first-order valence-electron chi connectivity index (χ1n) is 16.6. The van der Waals surface area contributed by atoms with E-state index < -0.39 is 0 Å². The Bertz CT molecular complexity index is 2530. The van der Waals surface area contributed by atoms with Gasteiger partial charge >= 0.3 is 0 Å². The first-order chi connectivity index (χ1) is 22.7. The van der Waals surface area contributed by atoms with Crippen LogP contribution in [0.3, 0.4) is 0 Å². The van der Waals surface area contributed by atoms with E-state index in [0.29, 0.717) is 0 Å². The molecule has 1 aromatic heterocycles. The molecule has 2 heteroatoms. The van der Waals surface area contributed by atoms with Gasteiger partial charge in [0, 0.05) is 33.1 Å². The second-order valence-electron chi connectivity index (χ2n) is 14.6. The number of para-hydroxylation sites is 3. The second kappa shape index (κ2) is 9.83. The van der Waals surface area contributed by atoms with E-state index in [4.69, 9.17) is 4.42 Å². The minimum absolute atomic E-state index is 0.0367. The summed E-state index contributed by atoms with van der Waals surface area (Å²) in [5.41, 5.74) is 11.7. The summed E-state index contributed by atoms with van der Waals surface area (Å²) >= 11 is 0. The van der Waals surface area contributed by atoms with Gasteiger partial charge in [-0.3, -0.25) is 0 Å². The van der Waals surface area contributed by atoms with Crippen molar-refractivity contribution in [3.05, 3.63) is 150 Å². The van der Waals surface area contributed by atoms with Gasteiger partial charge < -0.3 is 9.32 Å². The van der Waals surface area contributed by atoms with Crippen LogP contribution in [0.2, 0.25) is 0 Å². The predicted octanol–water partition coefficient (Wildman–Crippen LogP) is 13.0. The number of fused-ring (bicyclic) bond motifs is 9. The maximum absolute atomic E-state index is 6.87. The highest BCUT2D eigenvalue weighted by Crippen LogP contribution is 2.53. The van der Waals surface area contributed by atoms with Gasteiger partial charge in [0.05, 0.1) is 5.69 Å². The van der Waals surface area contributed by atoms with Crippen LogP contribution in [-0.2, 0) is 10.8 Å². The minimum Gasteiger partial charge on any atom is -0.454 e. The summed E-state index contributed by atoms with van der Waals surface area (Å²) in [5.74, 6) is 0. The Kier molecular flexibility index (Phi) is 5.84. The summed E-state index contributed by atoms with van der Waals surface area (Å²) in [5, 5.41) is 7.42. The van der Waals surface area contributed by atoms with E-state index in [1.807, 2.05) is 0 Å². The Labute approximate surface area is 275 Å². The number of anilines is 3. The molecule has 0 saturated carbocycles. The lowest BCUT2D eigenvalue weighted by Gasteiger charge is -2.26. The molecule has 47 heavy (non-hydrogen) atoms. The molecule has 0 atom stereocenters. The molecule has 0 spiro atoms. The van der Waals surface area contributed by atoms with E-state index in [1.54, 1.807) is 0 Å². The van der Waals surface area contributed by atoms with Crippen molar-refractivity contribution >= 4 is 60.5 Å². The van der Waals surface area contributed by atoms with Gasteiger partial charge in [0.15, 0.2) is 5.58 Å². The van der Waals surface area contributed by atoms with Gasteiger partial charge in [-0.2, -0.15) is 0 Å². The third-order valence-electron chi connectivity index (χ3n) is 10.3. The van der Waals surface area contributed by atoms with Crippen LogP contribution in [-0.4, -0.2) is 0 Å². The fourth-order valence-electron chi connectivity index (χ4n) is 8.04. The second-order valence-corrected chi connectivity index (χ2v) is 14.6. The maximum Gasteiger partial charge on any atom is 0.159 e. The lowest BCUT2D eigenvalue weighted by atomic mass is 9.80. The fraction of sp³-hybridized carbons (Fsp3) is 0.156. The summed E-state index contributed by atoms with van der Waals surface area (Å²) in [6.07, 6.45) is 0. The van der Waals surface area contributed by atoms with Gasteiger partial charge in [0.25, 0.3) is 0 Å². The van der Waals surface area contributed by atoms with E-state index in [9.17, 15) is 0 Å². The van der Waals surface area contributed by atoms with Crippen molar-refractivity contribution in [2.45, 2.75) is 45.4 Å². The molecule has 7 aromatic carbocycles. The molecular weight excluding hydrogens is 571 g/mol. The summed E-state index contributed by atoms with van der Waals surface area (Å²) in [7, 11) is 0. The third-order valence-corrected chi connectivity index (χ3v) is 10.3. The Morgan fingerprint density at radius 3 is 2.04 bits per heavy atom. The van der Waals surface area contributed by atoms with Crippen LogP contribution < -0.4 is 4.90 Å². The van der Waals surface area contributed by atoms with Crippen LogP contribution in [0.25, 0.3) is 54.6 Å². The normalized spacial score (nSPS) is 13.8. The third kappa shape index (κ3) is 4.11. The average molecular weight is 608 g/mol. The molecule has 0 aliphatic heterocycles. The zero-order valence-electron chi connectivity index (χ0n) is 27.6. The molecule has 0 fully saturated rings. The molecule has 1 aliphatic carbocycles. The highest BCUT2D eigenvalue weighted by Gasteiger charge is 2.37. The number of nitrogens with zero attached hydrogens (tertiary/aromatic N) is 1. The molecule has 0 N–H and O–H groups in total. The SMILES string of the molecule is CC(C)(C)c1cccc2c1oc1c(N(c3ccccc3)c3ccc4cc5c(cc4c3)C(C)(C)c3c-5ccc4ccccc34)cccc12. The standard InChI is InChI=1S/C45H37NO/c1-44(2,3)38-19-11-17-35-36-18-12-20-40(43(36)47-42(35)38)46(31-14-7-6-8-15-31)32-23-21-29-26-37-34-24-22-28-13-9-10-16-33(28)41(34)45(4,5)39(37)27-30(29)25-32/h6-27H,1-5H3. The number of hydrogen-bond acceptors (Lipinski definition) is 2. The molecule has 0 unspecified atom stereocenters. The highest BCUT2D eigenvalue weighted by molar-refractivity contribution is 6.11. The molecule has 2 nitrogen and oxygen atoms in total. The molecule has 228 valence electrons. The van der Waals surface area contributed by atoms with Crippen LogP contribution in [0.15, 0.2) is 138 Å². The Morgan fingerprint density at radius 1 is 0.532 bits per heavy atom. The van der Waals surface area contributed by atoms with E-state index in [2.05, 4.69) is 173 Å². The van der Waals surface area contributed by atoms with Crippen LogP contribution in [0.5, 0.6) is 0 Å². The van der Waals surface area contributed by atoms with Crippen LogP contribution in [0, 0.1) is 0 Å². The van der Waals surface area contributed by atoms with Crippen molar-refractivity contribution in [1.29, 1.82) is 0 Å². The monoisotopic (exact) mass is 607 g/mol. The number of furan rings is 1. The molecule has 0 saturated heterocycles. The number of hydrogen-bond donors (Lipinski definition) is 0. The number of rotatable bonds is 3. The summed E-state index contributed by atoms with van der Waals surface area (Å²) in [6, 6.07) is 48.8. The zero-order valence-corrected chi connectivity index (χ0v) is 27.6. The van der Waals surface area contributed by atoms with Crippen molar-refractivity contribution in [2.24, 2.45) is 0 Å². The lowest BCUT2D eigenvalue weighted by Crippen LogP contribution is -2.15. The molecule has 0 radical (unpaired) electrons. The van der Waals surface area contributed by atoms with Gasteiger partial charge in [-0.05, 0) is 91.7 Å². The Hall–Kier alpha value is -5.34. The summed E-state index contributed by atoms with van der Waals surface area (Å²) < 4.78 is 6.87. The quantitative estimate of drug-likeness (QED) is 0.199. The molecule has 0 amide bonds. The van der Waals surface area contributed by atoms with E-state index >= 15 is 0 Å². The van der Waals surface area contributed by atoms with Crippen LogP contribution >= 0.6 is 0 Å². The summed E-state index contributed by atoms with van der Waals surface area (Å²) in [6.45, 7) is 11.5. The first kappa shape index (κ1) is 27.9. The molecule has 1 heterocycles. The van der Waals surface area contributed by atoms with Crippen LogP contribution in [0.1, 0.15) is 51.3 Å². The van der Waals surface area contributed by atoms with Crippen molar-refractivity contribution in [2.75, 3.05) is 4.90 Å². The number of benzene rings is 7. The fourth-order valence-corrected chi connectivity index (χ4v) is 8.04. The van der Waals surface area contributed by atoms with Gasteiger partial charge in [0.2, 0.25) is 0 Å². The van der Waals surface area contributed by atoms with Gasteiger partial charge in [-0.1, -0.05) is 126 Å². The predicted molar refractivity (Wildman–Crippen MR) is 200 cm³/mol. The van der Waals surface area contributed by atoms with Gasteiger partial charge in [0.1, 0.15) is 5.58 Å². The maximum atomic E-state index is 6.87. The van der Waals surface area contributed by atoms with Crippen molar-refractivity contribution in [3.63, 3.8) is 0 Å². The van der Waals surface area contributed by atoms with Gasteiger partial charge in [-0.15, -0.1) is 0 Å². The smallest absolute Gasteiger partial charge is 0.159 e. The molecule has 8 aromatic rings. The summed E-state index contributed by atoms with van der Waals surface area (Å²) in [4.78, 5) is 2.35. The first-order valence-corrected chi connectivity index (χ1v) is 16.6. The largest absolute Gasteiger partial charge is 0.454 e. The van der Waals surface area contributed by atoms with E-state index in [-0.39, 0.29) is 10.8 Å². The highest BCUT2D eigenvalue weighted by atomic mass is 16.3. The lowest BCUT2D eigenvalue weighted by molar-refractivity contribution is 0.573. The minimum atomic E-state index is -0.112. The molecule has 1 aliphatic rings. The average Bonchev–Trinajstić information content (AvgIpc) is 3.56. The van der Waals surface area contributed by atoms with E-state index in [1.165, 1.54) is 49.4 Å². The zero-order chi connectivity index (χ0) is 32.1.